The Kier molecular flexibility index (Phi) is 6.29. The SMILES string of the molecule is CC(C)NC(=O)N1CCN(CCCCN)CC1. The number of unbranched alkanes of at least 4 members (excludes halogenated alkanes) is 1. The van der Waals surface area contributed by atoms with Crippen LogP contribution >= 0.6 is 0 Å². The average molecular weight is 242 g/mol. The number of nitrogens with two attached hydrogens (primary N) is 1. The minimum absolute atomic E-state index is 0.0709. The Balaban J connectivity index is 2.18. The molecule has 1 fully saturated rings. The summed E-state index contributed by atoms with van der Waals surface area (Å²) >= 11 is 0. The van der Waals surface area contributed by atoms with Gasteiger partial charge < -0.3 is 16.0 Å². The van der Waals surface area contributed by atoms with Gasteiger partial charge in [-0.3, -0.25) is 4.90 Å². The second kappa shape index (κ2) is 7.50. The van der Waals surface area contributed by atoms with Gasteiger partial charge in [0.1, 0.15) is 0 Å². The number of piperazine rings is 1. The molecule has 0 atom stereocenters. The molecule has 0 unspecified atom stereocenters. The van der Waals surface area contributed by atoms with Crippen LogP contribution < -0.4 is 11.1 Å². The lowest BCUT2D eigenvalue weighted by Crippen LogP contribution is -2.52. The van der Waals surface area contributed by atoms with Gasteiger partial charge in [0.15, 0.2) is 0 Å². The summed E-state index contributed by atoms with van der Waals surface area (Å²) < 4.78 is 0. The molecule has 5 heteroatoms. The van der Waals surface area contributed by atoms with Gasteiger partial charge >= 0.3 is 6.03 Å². The zero-order chi connectivity index (χ0) is 12.7. The van der Waals surface area contributed by atoms with Crippen molar-refractivity contribution in [1.29, 1.82) is 0 Å². The molecule has 2 amide bonds. The van der Waals surface area contributed by atoms with Gasteiger partial charge in [-0.15, -0.1) is 0 Å². The first kappa shape index (κ1) is 14.3. The first-order valence-electron chi connectivity index (χ1n) is 6.61. The third-order valence-corrected chi connectivity index (χ3v) is 3.00. The number of rotatable bonds is 5. The van der Waals surface area contributed by atoms with E-state index in [-0.39, 0.29) is 12.1 Å². The third-order valence-electron chi connectivity index (χ3n) is 3.00. The van der Waals surface area contributed by atoms with Crippen molar-refractivity contribution in [2.75, 3.05) is 39.3 Å². The highest BCUT2D eigenvalue weighted by Gasteiger charge is 2.20. The molecule has 0 bridgehead atoms. The molecular formula is C12H26N4O. The molecule has 3 N–H and O–H groups in total. The van der Waals surface area contributed by atoms with E-state index in [1.165, 1.54) is 0 Å². The van der Waals surface area contributed by atoms with Gasteiger partial charge in [-0.2, -0.15) is 0 Å². The number of nitrogens with one attached hydrogen (secondary N) is 1. The van der Waals surface area contributed by atoms with Gasteiger partial charge in [-0.1, -0.05) is 0 Å². The minimum atomic E-state index is 0.0709. The van der Waals surface area contributed by atoms with E-state index in [0.717, 1.165) is 52.1 Å². The maximum atomic E-state index is 11.8. The molecule has 0 spiro atoms. The fraction of sp³-hybridized carbons (Fsp3) is 0.917. The van der Waals surface area contributed by atoms with E-state index in [9.17, 15) is 4.79 Å². The molecule has 1 aliphatic rings. The minimum Gasteiger partial charge on any atom is -0.336 e. The molecule has 0 aromatic carbocycles. The zero-order valence-electron chi connectivity index (χ0n) is 11.1. The fourth-order valence-electron chi connectivity index (χ4n) is 1.99. The summed E-state index contributed by atoms with van der Waals surface area (Å²) in [4.78, 5) is 16.1. The number of hydrogen-bond acceptors (Lipinski definition) is 3. The quantitative estimate of drug-likeness (QED) is 0.689. The standard InChI is InChI=1S/C12H26N4O/c1-11(2)14-12(17)16-9-7-15(8-10-16)6-4-3-5-13/h11H,3-10,13H2,1-2H3,(H,14,17). The van der Waals surface area contributed by atoms with Crippen molar-refractivity contribution in [3.63, 3.8) is 0 Å². The molecular weight excluding hydrogens is 216 g/mol. The van der Waals surface area contributed by atoms with Crippen LogP contribution in [-0.4, -0.2) is 61.1 Å². The van der Waals surface area contributed by atoms with Gasteiger partial charge in [-0.25, -0.2) is 4.79 Å². The summed E-state index contributed by atoms with van der Waals surface area (Å²) in [6.07, 6.45) is 2.25. The lowest BCUT2D eigenvalue weighted by atomic mass is 10.2. The number of carbonyl (C=O) groups is 1. The van der Waals surface area contributed by atoms with Crippen molar-refractivity contribution in [2.45, 2.75) is 32.7 Å². The highest BCUT2D eigenvalue weighted by molar-refractivity contribution is 5.74. The van der Waals surface area contributed by atoms with Crippen molar-refractivity contribution in [3.05, 3.63) is 0 Å². The first-order chi connectivity index (χ1) is 8.13. The number of amides is 2. The van der Waals surface area contributed by atoms with Crippen molar-refractivity contribution >= 4 is 6.03 Å². The van der Waals surface area contributed by atoms with E-state index >= 15 is 0 Å². The smallest absolute Gasteiger partial charge is 0.317 e. The van der Waals surface area contributed by atoms with Crippen molar-refractivity contribution in [1.82, 2.24) is 15.1 Å². The highest BCUT2D eigenvalue weighted by Crippen LogP contribution is 2.04. The highest BCUT2D eigenvalue weighted by atomic mass is 16.2. The van der Waals surface area contributed by atoms with Crippen LogP contribution in [-0.2, 0) is 0 Å². The zero-order valence-corrected chi connectivity index (χ0v) is 11.1. The monoisotopic (exact) mass is 242 g/mol. The molecule has 0 saturated carbocycles. The normalized spacial score (nSPS) is 17.5. The maximum absolute atomic E-state index is 11.8. The second-order valence-corrected chi connectivity index (χ2v) is 4.93. The molecule has 5 nitrogen and oxygen atoms in total. The van der Waals surface area contributed by atoms with E-state index in [1.54, 1.807) is 0 Å². The number of urea groups is 1. The van der Waals surface area contributed by atoms with Crippen LogP contribution in [0.1, 0.15) is 26.7 Å². The van der Waals surface area contributed by atoms with Crippen LogP contribution in [0.2, 0.25) is 0 Å². The molecule has 100 valence electrons. The lowest BCUT2D eigenvalue weighted by Gasteiger charge is -2.35. The second-order valence-electron chi connectivity index (χ2n) is 4.93. The Morgan fingerprint density at radius 1 is 1.24 bits per heavy atom. The van der Waals surface area contributed by atoms with Gasteiger partial charge in [0.05, 0.1) is 0 Å². The largest absolute Gasteiger partial charge is 0.336 e. The van der Waals surface area contributed by atoms with Gasteiger partial charge in [0.25, 0.3) is 0 Å². The van der Waals surface area contributed by atoms with Crippen LogP contribution in [0.15, 0.2) is 0 Å². The fourth-order valence-corrected chi connectivity index (χ4v) is 1.99. The van der Waals surface area contributed by atoms with E-state index < -0.39 is 0 Å². The topological polar surface area (TPSA) is 61.6 Å². The van der Waals surface area contributed by atoms with Crippen molar-refractivity contribution < 1.29 is 4.79 Å². The maximum Gasteiger partial charge on any atom is 0.317 e. The Morgan fingerprint density at radius 3 is 2.41 bits per heavy atom. The summed E-state index contributed by atoms with van der Waals surface area (Å²) in [6.45, 7) is 9.49. The lowest BCUT2D eigenvalue weighted by molar-refractivity contribution is 0.137. The van der Waals surface area contributed by atoms with Gasteiger partial charge in [0, 0.05) is 32.2 Å². The predicted octanol–water partition coefficient (Wildman–Crippen LogP) is 0.461. The molecule has 1 aliphatic heterocycles. The molecule has 0 radical (unpaired) electrons. The summed E-state index contributed by atoms with van der Waals surface area (Å²) in [7, 11) is 0. The number of carbonyl (C=O) groups excluding carboxylic acids is 1. The molecule has 0 aromatic rings. The van der Waals surface area contributed by atoms with Crippen molar-refractivity contribution in [3.8, 4) is 0 Å². The van der Waals surface area contributed by atoms with Gasteiger partial charge in [-0.05, 0) is 39.8 Å². The Morgan fingerprint density at radius 2 is 1.88 bits per heavy atom. The molecule has 17 heavy (non-hydrogen) atoms. The van der Waals surface area contributed by atoms with E-state index in [0.29, 0.717) is 0 Å². The average Bonchev–Trinajstić information content (AvgIpc) is 2.29. The van der Waals surface area contributed by atoms with E-state index in [2.05, 4.69) is 10.2 Å². The van der Waals surface area contributed by atoms with Crippen LogP contribution in [0.3, 0.4) is 0 Å². The first-order valence-corrected chi connectivity index (χ1v) is 6.61. The summed E-state index contributed by atoms with van der Waals surface area (Å²) in [5.74, 6) is 0. The van der Waals surface area contributed by atoms with Crippen LogP contribution in [0.4, 0.5) is 4.79 Å². The molecule has 0 aromatic heterocycles. The third kappa shape index (κ3) is 5.37. The Labute approximate surface area is 104 Å². The Bertz CT molecular complexity index is 225. The van der Waals surface area contributed by atoms with Crippen LogP contribution in [0.5, 0.6) is 0 Å². The molecule has 1 rings (SSSR count). The van der Waals surface area contributed by atoms with Crippen LogP contribution in [0, 0.1) is 0 Å². The Hall–Kier alpha value is -0.810. The molecule has 0 aliphatic carbocycles. The van der Waals surface area contributed by atoms with Crippen LogP contribution in [0.25, 0.3) is 0 Å². The number of nitrogens with zero attached hydrogens (tertiary/aromatic N) is 2. The van der Waals surface area contributed by atoms with E-state index in [1.807, 2.05) is 18.7 Å². The summed E-state index contributed by atoms with van der Waals surface area (Å²) in [5, 5.41) is 2.93. The molecule has 1 saturated heterocycles. The summed E-state index contributed by atoms with van der Waals surface area (Å²) in [6, 6.07) is 0.284. The van der Waals surface area contributed by atoms with E-state index in [4.69, 9.17) is 5.73 Å². The molecule has 1 heterocycles. The van der Waals surface area contributed by atoms with Crippen molar-refractivity contribution in [2.24, 2.45) is 5.73 Å². The summed E-state index contributed by atoms with van der Waals surface area (Å²) in [5.41, 5.74) is 5.47. The number of hydrogen-bond donors (Lipinski definition) is 2. The predicted molar refractivity (Wildman–Crippen MR) is 70.0 cm³/mol. The van der Waals surface area contributed by atoms with Gasteiger partial charge in [0.2, 0.25) is 0 Å².